The first-order valence-corrected chi connectivity index (χ1v) is 9.19. The number of methoxy groups -OCH3 is 1. The van der Waals surface area contributed by atoms with Crippen LogP contribution in [-0.4, -0.2) is 42.8 Å². The van der Waals surface area contributed by atoms with E-state index in [-0.39, 0.29) is 12.5 Å². The quantitative estimate of drug-likeness (QED) is 0.680. The second-order valence-corrected chi connectivity index (χ2v) is 6.35. The van der Waals surface area contributed by atoms with Crippen LogP contribution in [0, 0.1) is 0 Å². The summed E-state index contributed by atoms with van der Waals surface area (Å²) in [4.78, 5) is 20.7. The minimum Gasteiger partial charge on any atom is -0.483 e. The van der Waals surface area contributed by atoms with Crippen molar-refractivity contribution in [1.29, 1.82) is 0 Å². The Morgan fingerprint density at radius 3 is 2.85 bits per heavy atom. The zero-order chi connectivity index (χ0) is 18.9. The molecule has 1 aliphatic rings. The van der Waals surface area contributed by atoms with Gasteiger partial charge in [0.2, 0.25) is 5.88 Å². The third-order valence-corrected chi connectivity index (χ3v) is 4.38. The first-order chi connectivity index (χ1) is 13.3. The van der Waals surface area contributed by atoms with Crippen molar-refractivity contribution in [3.05, 3.63) is 47.4 Å². The molecule has 0 saturated carbocycles. The third-order valence-electron chi connectivity index (χ3n) is 4.38. The summed E-state index contributed by atoms with van der Waals surface area (Å²) in [5.74, 6) is 1.11. The molecule has 27 heavy (non-hydrogen) atoms. The van der Waals surface area contributed by atoms with Crippen LogP contribution >= 0.6 is 0 Å². The molecule has 2 heterocycles. The molecular formula is C20H25N3O4. The highest BCUT2D eigenvalue weighted by molar-refractivity contribution is 5.77. The van der Waals surface area contributed by atoms with Gasteiger partial charge in [0.1, 0.15) is 12.4 Å². The molecule has 0 bridgehead atoms. The highest BCUT2D eigenvalue weighted by atomic mass is 16.5. The van der Waals surface area contributed by atoms with Crippen LogP contribution < -0.4 is 14.8 Å². The number of nitrogens with zero attached hydrogens (tertiary/aromatic N) is 2. The van der Waals surface area contributed by atoms with Gasteiger partial charge in [0.25, 0.3) is 5.91 Å². The molecule has 2 aromatic rings. The van der Waals surface area contributed by atoms with E-state index >= 15 is 0 Å². The average molecular weight is 371 g/mol. The lowest BCUT2D eigenvalue weighted by Crippen LogP contribution is -2.28. The normalized spacial score (nSPS) is 12.9. The van der Waals surface area contributed by atoms with Gasteiger partial charge in [0.15, 0.2) is 6.61 Å². The lowest BCUT2D eigenvalue weighted by molar-refractivity contribution is -0.123. The number of aromatic nitrogens is 2. The van der Waals surface area contributed by atoms with Crippen molar-refractivity contribution in [2.24, 2.45) is 0 Å². The Balaban J connectivity index is 1.47. The van der Waals surface area contributed by atoms with Crippen molar-refractivity contribution in [3.63, 3.8) is 0 Å². The van der Waals surface area contributed by atoms with E-state index in [1.807, 2.05) is 12.1 Å². The van der Waals surface area contributed by atoms with E-state index in [1.165, 1.54) is 0 Å². The van der Waals surface area contributed by atoms with Crippen LogP contribution in [0.25, 0.3) is 0 Å². The van der Waals surface area contributed by atoms with Crippen molar-refractivity contribution < 1.29 is 19.0 Å². The Hall–Kier alpha value is -2.67. The number of amides is 1. The SMILES string of the molecule is COCCOc1cc(CNC(=O)COc2ccnc3c2CCCC3)ccn1. The van der Waals surface area contributed by atoms with Crippen LogP contribution in [0.1, 0.15) is 29.7 Å². The molecule has 0 aliphatic heterocycles. The molecule has 2 aromatic heterocycles. The Morgan fingerprint density at radius 1 is 1.11 bits per heavy atom. The van der Waals surface area contributed by atoms with Crippen LogP contribution in [0.15, 0.2) is 30.6 Å². The van der Waals surface area contributed by atoms with E-state index in [2.05, 4.69) is 15.3 Å². The average Bonchev–Trinajstić information content (AvgIpc) is 2.71. The van der Waals surface area contributed by atoms with Crippen LogP contribution in [-0.2, 0) is 28.9 Å². The van der Waals surface area contributed by atoms with E-state index in [4.69, 9.17) is 14.2 Å². The minimum atomic E-state index is -0.171. The monoisotopic (exact) mass is 371 g/mol. The number of carbonyl (C=O) groups is 1. The maximum Gasteiger partial charge on any atom is 0.258 e. The van der Waals surface area contributed by atoms with E-state index < -0.39 is 0 Å². The summed E-state index contributed by atoms with van der Waals surface area (Å²) < 4.78 is 16.2. The van der Waals surface area contributed by atoms with Gasteiger partial charge >= 0.3 is 0 Å². The molecule has 144 valence electrons. The van der Waals surface area contributed by atoms with Gasteiger partial charge in [-0.05, 0) is 43.4 Å². The van der Waals surface area contributed by atoms with Gasteiger partial charge in [-0.25, -0.2) is 4.98 Å². The molecule has 0 radical (unpaired) electrons. The summed E-state index contributed by atoms with van der Waals surface area (Å²) in [5, 5.41) is 2.86. The summed E-state index contributed by atoms with van der Waals surface area (Å²) in [6, 6.07) is 5.48. The Morgan fingerprint density at radius 2 is 1.96 bits per heavy atom. The minimum absolute atomic E-state index is 0.0151. The van der Waals surface area contributed by atoms with Crippen molar-refractivity contribution in [3.8, 4) is 11.6 Å². The molecule has 0 fully saturated rings. The maximum atomic E-state index is 12.1. The molecule has 0 aromatic carbocycles. The lowest BCUT2D eigenvalue weighted by atomic mass is 9.95. The standard InChI is InChI=1S/C20H25N3O4/c1-25-10-11-26-20-12-15(6-8-22-20)13-23-19(24)14-27-18-7-9-21-17-5-3-2-4-16(17)18/h6-9,12H,2-5,10-11,13-14H2,1H3,(H,23,24). The van der Waals surface area contributed by atoms with Gasteiger partial charge in [-0.2, -0.15) is 0 Å². The fraction of sp³-hybridized carbons (Fsp3) is 0.450. The summed E-state index contributed by atoms with van der Waals surface area (Å²) in [6.07, 6.45) is 7.65. The summed E-state index contributed by atoms with van der Waals surface area (Å²) in [5.41, 5.74) is 3.15. The van der Waals surface area contributed by atoms with Crippen LogP contribution in [0.5, 0.6) is 11.6 Å². The zero-order valence-corrected chi connectivity index (χ0v) is 15.6. The lowest BCUT2D eigenvalue weighted by Gasteiger charge is -2.18. The molecule has 0 spiro atoms. The van der Waals surface area contributed by atoms with Gasteiger partial charge in [0, 0.05) is 43.4 Å². The first kappa shape index (κ1) is 19.1. The predicted molar refractivity (Wildman–Crippen MR) is 99.8 cm³/mol. The second-order valence-electron chi connectivity index (χ2n) is 6.35. The van der Waals surface area contributed by atoms with Gasteiger partial charge in [-0.3, -0.25) is 9.78 Å². The fourth-order valence-electron chi connectivity index (χ4n) is 2.99. The molecule has 0 atom stereocenters. The molecule has 7 nitrogen and oxygen atoms in total. The van der Waals surface area contributed by atoms with Crippen LogP contribution in [0.4, 0.5) is 0 Å². The van der Waals surface area contributed by atoms with Gasteiger partial charge in [0.05, 0.1) is 6.61 Å². The highest BCUT2D eigenvalue weighted by Crippen LogP contribution is 2.27. The van der Waals surface area contributed by atoms with Crippen molar-refractivity contribution in [2.45, 2.75) is 32.2 Å². The molecule has 0 unspecified atom stereocenters. The van der Waals surface area contributed by atoms with Crippen LogP contribution in [0.3, 0.4) is 0 Å². The topological polar surface area (TPSA) is 82.6 Å². The van der Waals surface area contributed by atoms with E-state index in [0.29, 0.717) is 25.6 Å². The maximum absolute atomic E-state index is 12.1. The van der Waals surface area contributed by atoms with Crippen molar-refractivity contribution in [2.75, 3.05) is 26.9 Å². The fourth-order valence-corrected chi connectivity index (χ4v) is 2.99. The number of fused-ring (bicyclic) bond motifs is 1. The molecule has 1 amide bonds. The third kappa shape index (κ3) is 5.65. The molecule has 0 saturated heterocycles. The Bertz CT molecular complexity index is 767. The molecule has 7 heteroatoms. The number of rotatable bonds is 9. The van der Waals surface area contributed by atoms with E-state index in [0.717, 1.165) is 48.3 Å². The Kier molecular flexibility index (Phi) is 6.98. The number of hydrogen-bond donors (Lipinski definition) is 1. The van der Waals surface area contributed by atoms with Crippen molar-refractivity contribution in [1.82, 2.24) is 15.3 Å². The number of aryl methyl sites for hydroxylation is 1. The highest BCUT2D eigenvalue weighted by Gasteiger charge is 2.15. The largest absolute Gasteiger partial charge is 0.483 e. The van der Waals surface area contributed by atoms with Gasteiger partial charge in [-0.1, -0.05) is 0 Å². The summed E-state index contributed by atoms with van der Waals surface area (Å²) >= 11 is 0. The molecule has 1 aliphatic carbocycles. The number of carbonyl (C=O) groups excluding carboxylic acids is 1. The number of hydrogen-bond acceptors (Lipinski definition) is 6. The first-order valence-electron chi connectivity index (χ1n) is 9.19. The molecule has 3 rings (SSSR count). The molecular weight excluding hydrogens is 346 g/mol. The number of ether oxygens (including phenoxy) is 3. The zero-order valence-electron chi connectivity index (χ0n) is 15.6. The van der Waals surface area contributed by atoms with E-state index in [1.54, 1.807) is 25.6 Å². The predicted octanol–water partition coefficient (Wildman–Crippen LogP) is 2.08. The van der Waals surface area contributed by atoms with Crippen LogP contribution in [0.2, 0.25) is 0 Å². The number of nitrogens with one attached hydrogen (secondary N) is 1. The van der Waals surface area contributed by atoms with Gasteiger partial charge < -0.3 is 19.5 Å². The summed E-state index contributed by atoms with van der Waals surface area (Å²) in [7, 11) is 1.62. The van der Waals surface area contributed by atoms with Gasteiger partial charge in [-0.15, -0.1) is 0 Å². The van der Waals surface area contributed by atoms with E-state index in [9.17, 15) is 4.79 Å². The summed E-state index contributed by atoms with van der Waals surface area (Å²) in [6.45, 7) is 1.31. The second kappa shape index (κ2) is 9.87. The Labute approximate surface area is 159 Å². The molecule has 1 N–H and O–H groups in total. The van der Waals surface area contributed by atoms with Crippen molar-refractivity contribution >= 4 is 5.91 Å². The smallest absolute Gasteiger partial charge is 0.258 e. The number of pyridine rings is 2.